The lowest BCUT2D eigenvalue weighted by Crippen LogP contribution is -2.42. The third-order valence-corrected chi connectivity index (χ3v) is 4.38. The van der Waals surface area contributed by atoms with Crippen LogP contribution in [0, 0.1) is 12.3 Å². The van der Waals surface area contributed by atoms with E-state index in [-0.39, 0.29) is 0 Å². The van der Waals surface area contributed by atoms with E-state index in [1.165, 1.54) is 12.8 Å². The van der Waals surface area contributed by atoms with E-state index < -0.39 is 0 Å². The number of piperidine rings is 1. The van der Waals surface area contributed by atoms with Crippen molar-refractivity contribution in [3.8, 4) is 18.1 Å². The van der Waals surface area contributed by atoms with Crippen LogP contribution in [-0.2, 0) is 6.54 Å². The van der Waals surface area contributed by atoms with Gasteiger partial charge in [-0.2, -0.15) is 0 Å². The highest BCUT2D eigenvalue weighted by atomic mass is 79.9. The maximum Gasteiger partial charge on any atom is 0.148 e. The van der Waals surface area contributed by atoms with Crippen LogP contribution in [0.25, 0.3) is 0 Å². The Kier molecular flexibility index (Phi) is 6.98. The third-order valence-electron chi connectivity index (χ3n) is 3.89. The van der Waals surface area contributed by atoms with Gasteiger partial charge in [-0.15, -0.1) is 13.0 Å². The van der Waals surface area contributed by atoms with Gasteiger partial charge in [-0.05, 0) is 44.1 Å². The number of ether oxygens (including phenoxy) is 1. The second kappa shape index (κ2) is 8.99. The predicted octanol–water partition coefficient (Wildman–Crippen LogP) is 3.20. The number of hydrogen-bond acceptors (Lipinski definition) is 3. The van der Waals surface area contributed by atoms with Crippen molar-refractivity contribution >= 4 is 15.9 Å². The highest BCUT2D eigenvalue weighted by Gasteiger charge is 2.18. The van der Waals surface area contributed by atoms with Crippen molar-refractivity contribution in [2.24, 2.45) is 0 Å². The Morgan fingerprint density at radius 1 is 1.45 bits per heavy atom. The number of hydrogen-bond donors (Lipinski definition) is 1. The largest absolute Gasteiger partial charge is 0.481 e. The van der Waals surface area contributed by atoms with Crippen molar-refractivity contribution in [3.63, 3.8) is 0 Å². The number of rotatable bonds is 7. The van der Waals surface area contributed by atoms with Gasteiger partial charge < -0.3 is 10.1 Å². The molecule has 0 atom stereocenters. The fourth-order valence-corrected chi connectivity index (χ4v) is 3.11. The Bertz CT molecular complexity index is 530. The fraction of sp³-hybridized carbons (Fsp3) is 0.444. The lowest BCUT2D eigenvalue weighted by Gasteiger charge is -2.31. The second-order valence-electron chi connectivity index (χ2n) is 5.49. The van der Waals surface area contributed by atoms with Gasteiger partial charge in [0.1, 0.15) is 12.4 Å². The summed E-state index contributed by atoms with van der Waals surface area (Å²) in [4.78, 5) is 2.44. The molecule has 1 fully saturated rings. The molecule has 0 unspecified atom stereocenters. The number of halogens is 1. The highest BCUT2D eigenvalue weighted by Crippen LogP contribution is 2.23. The zero-order valence-electron chi connectivity index (χ0n) is 12.9. The van der Waals surface area contributed by atoms with Crippen LogP contribution >= 0.6 is 15.9 Å². The van der Waals surface area contributed by atoms with Crippen molar-refractivity contribution in [2.75, 3.05) is 26.2 Å². The van der Waals surface area contributed by atoms with Crippen LogP contribution in [0.3, 0.4) is 0 Å². The Morgan fingerprint density at radius 3 is 2.91 bits per heavy atom. The van der Waals surface area contributed by atoms with E-state index in [0.29, 0.717) is 12.6 Å². The minimum absolute atomic E-state index is 0.300. The molecule has 1 aliphatic heterocycles. The van der Waals surface area contributed by atoms with Crippen molar-refractivity contribution in [2.45, 2.75) is 25.4 Å². The second-order valence-corrected chi connectivity index (χ2v) is 6.40. The standard InChI is InChI=1S/C18H23BrN2O/c1-3-9-21-10-7-17(8-11-21)20-14-15-13-16(19)5-6-18(15)22-12-4-2/h2-3,5-6,13,17,20H,1,7-12,14H2. The van der Waals surface area contributed by atoms with Gasteiger partial charge in [-0.25, -0.2) is 0 Å². The first kappa shape index (κ1) is 17.1. The van der Waals surface area contributed by atoms with Crippen molar-refractivity contribution in [1.82, 2.24) is 10.2 Å². The predicted molar refractivity (Wildman–Crippen MR) is 95.0 cm³/mol. The maximum atomic E-state index is 5.61. The molecule has 0 radical (unpaired) electrons. The van der Waals surface area contributed by atoms with E-state index in [1.54, 1.807) is 0 Å². The lowest BCUT2D eigenvalue weighted by atomic mass is 10.0. The van der Waals surface area contributed by atoms with E-state index in [2.05, 4.69) is 44.7 Å². The lowest BCUT2D eigenvalue weighted by molar-refractivity contribution is 0.214. The van der Waals surface area contributed by atoms with Gasteiger partial charge in [0.15, 0.2) is 0 Å². The molecule has 0 aliphatic carbocycles. The van der Waals surface area contributed by atoms with Gasteiger partial charge in [-0.1, -0.05) is 27.9 Å². The molecule has 0 aromatic heterocycles. The maximum absolute atomic E-state index is 5.61. The summed E-state index contributed by atoms with van der Waals surface area (Å²) in [6.45, 7) is 8.14. The Labute approximate surface area is 141 Å². The van der Waals surface area contributed by atoms with Crippen molar-refractivity contribution < 1.29 is 4.74 Å². The molecule has 0 spiro atoms. The molecular weight excluding hydrogens is 340 g/mol. The molecule has 1 aromatic rings. The van der Waals surface area contributed by atoms with Gasteiger partial charge in [-0.3, -0.25) is 4.90 Å². The van der Waals surface area contributed by atoms with Crippen molar-refractivity contribution in [3.05, 3.63) is 40.9 Å². The number of benzene rings is 1. The number of nitrogens with one attached hydrogen (secondary N) is 1. The van der Waals surface area contributed by atoms with Crippen LogP contribution < -0.4 is 10.1 Å². The Morgan fingerprint density at radius 2 is 2.23 bits per heavy atom. The molecule has 4 heteroatoms. The minimum atomic E-state index is 0.300. The van der Waals surface area contributed by atoms with E-state index in [9.17, 15) is 0 Å². The zero-order valence-corrected chi connectivity index (χ0v) is 14.4. The molecule has 1 saturated heterocycles. The Balaban J connectivity index is 1.87. The summed E-state index contributed by atoms with van der Waals surface area (Å²) >= 11 is 3.52. The topological polar surface area (TPSA) is 24.5 Å². The third kappa shape index (κ3) is 5.17. The summed E-state index contributed by atoms with van der Waals surface area (Å²) in [6, 6.07) is 6.58. The first-order chi connectivity index (χ1) is 10.7. The van der Waals surface area contributed by atoms with Gasteiger partial charge >= 0.3 is 0 Å². The molecule has 118 valence electrons. The van der Waals surface area contributed by atoms with Crippen LogP contribution in [0.4, 0.5) is 0 Å². The van der Waals surface area contributed by atoms with Crippen LogP contribution in [0.2, 0.25) is 0 Å². The summed E-state index contributed by atoms with van der Waals surface area (Å²) < 4.78 is 6.67. The SMILES string of the molecule is C#CCOc1ccc(Br)cc1CNC1CCN(CC=C)CC1. The molecule has 1 aromatic carbocycles. The van der Waals surface area contributed by atoms with Gasteiger partial charge in [0.25, 0.3) is 0 Å². The summed E-state index contributed by atoms with van der Waals surface area (Å²) in [7, 11) is 0. The summed E-state index contributed by atoms with van der Waals surface area (Å²) in [5.41, 5.74) is 1.14. The monoisotopic (exact) mass is 362 g/mol. The van der Waals surface area contributed by atoms with Gasteiger partial charge in [0.2, 0.25) is 0 Å². The molecule has 0 saturated carbocycles. The van der Waals surface area contributed by atoms with E-state index in [1.807, 2.05) is 18.2 Å². The normalized spacial score (nSPS) is 16.2. The fourth-order valence-electron chi connectivity index (χ4n) is 2.70. The summed E-state index contributed by atoms with van der Waals surface area (Å²) in [6.07, 6.45) is 9.59. The average molecular weight is 363 g/mol. The van der Waals surface area contributed by atoms with Crippen LogP contribution in [0.15, 0.2) is 35.3 Å². The molecular formula is C18H23BrN2O. The zero-order chi connectivity index (χ0) is 15.8. The molecule has 1 N–H and O–H groups in total. The Hall–Kier alpha value is -1.28. The molecule has 0 bridgehead atoms. The molecule has 1 heterocycles. The number of likely N-dealkylation sites (tertiary alicyclic amines) is 1. The van der Waals surface area contributed by atoms with Crippen molar-refractivity contribution in [1.29, 1.82) is 0 Å². The smallest absolute Gasteiger partial charge is 0.148 e. The number of nitrogens with zero attached hydrogens (tertiary/aromatic N) is 1. The first-order valence-corrected chi connectivity index (χ1v) is 8.43. The van der Waals surface area contributed by atoms with Crippen LogP contribution in [-0.4, -0.2) is 37.2 Å². The minimum Gasteiger partial charge on any atom is -0.481 e. The molecule has 1 aliphatic rings. The highest BCUT2D eigenvalue weighted by molar-refractivity contribution is 9.10. The van der Waals surface area contributed by atoms with E-state index in [4.69, 9.17) is 11.2 Å². The van der Waals surface area contributed by atoms with Crippen LogP contribution in [0.5, 0.6) is 5.75 Å². The molecule has 3 nitrogen and oxygen atoms in total. The van der Waals surface area contributed by atoms with Crippen LogP contribution in [0.1, 0.15) is 18.4 Å². The molecule has 2 rings (SSSR count). The average Bonchev–Trinajstić information content (AvgIpc) is 2.53. The molecule has 0 amide bonds. The first-order valence-electron chi connectivity index (χ1n) is 7.64. The van der Waals surface area contributed by atoms with Gasteiger partial charge in [0.05, 0.1) is 0 Å². The summed E-state index contributed by atoms with van der Waals surface area (Å²) in [5, 5.41) is 3.64. The molecule has 22 heavy (non-hydrogen) atoms. The quantitative estimate of drug-likeness (QED) is 0.595. The van der Waals surface area contributed by atoms with E-state index in [0.717, 1.165) is 42.0 Å². The van der Waals surface area contributed by atoms with E-state index >= 15 is 0 Å². The van der Waals surface area contributed by atoms with Gasteiger partial charge in [0, 0.05) is 29.2 Å². The summed E-state index contributed by atoms with van der Waals surface area (Å²) in [5.74, 6) is 3.37. The number of terminal acetylenes is 1.